The summed E-state index contributed by atoms with van der Waals surface area (Å²) in [6.45, 7) is 3.58. The summed E-state index contributed by atoms with van der Waals surface area (Å²) < 4.78 is 0. The van der Waals surface area contributed by atoms with Crippen LogP contribution in [0.3, 0.4) is 0 Å². The third-order valence-electron chi connectivity index (χ3n) is 2.15. The van der Waals surface area contributed by atoms with Crippen LogP contribution in [0.1, 0.15) is 6.42 Å². The van der Waals surface area contributed by atoms with Crippen molar-refractivity contribution in [3.8, 4) is 0 Å². The van der Waals surface area contributed by atoms with Crippen molar-refractivity contribution in [1.29, 1.82) is 0 Å². The van der Waals surface area contributed by atoms with Crippen molar-refractivity contribution in [3.05, 3.63) is 12.2 Å². The number of carbonyl (C=O) groups is 1. The number of nitrogens with two attached hydrogens (primary N) is 1. The molecule has 6 heteroatoms. The summed E-state index contributed by atoms with van der Waals surface area (Å²) in [5.74, 6) is 3.55. The van der Waals surface area contributed by atoms with Crippen LogP contribution in [0.2, 0.25) is 0 Å². The second-order valence-electron chi connectivity index (χ2n) is 2.84. The molecule has 0 radical (unpaired) electrons. The maximum Gasteiger partial charge on any atom is 0.352 e. The molecule has 0 bridgehead atoms. The van der Waals surface area contributed by atoms with E-state index in [1.165, 1.54) is 0 Å². The van der Waals surface area contributed by atoms with Crippen molar-refractivity contribution in [2.75, 3.05) is 21.1 Å². The molecule has 0 aromatic rings. The SMILES string of the molecule is C=C(CC(NC)(NC)NC)C(=O)ON. The smallest absolute Gasteiger partial charge is 0.352 e. The lowest BCUT2D eigenvalue weighted by atomic mass is 10.1. The minimum atomic E-state index is -0.616. The summed E-state index contributed by atoms with van der Waals surface area (Å²) in [7, 11) is 5.27. The highest BCUT2D eigenvalue weighted by Crippen LogP contribution is 2.09. The number of hydrogen-bond acceptors (Lipinski definition) is 6. The summed E-state index contributed by atoms with van der Waals surface area (Å²) in [5, 5.41) is 8.98. The van der Waals surface area contributed by atoms with Gasteiger partial charge in [-0.25, -0.2) is 4.79 Å². The topological polar surface area (TPSA) is 88.4 Å². The second-order valence-corrected chi connectivity index (χ2v) is 2.84. The van der Waals surface area contributed by atoms with Crippen molar-refractivity contribution in [1.82, 2.24) is 16.0 Å². The van der Waals surface area contributed by atoms with Crippen LogP contribution in [0.4, 0.5) is 0 Å². The molecule has 0 saturated carbocycles. The Morgan fingerprint density at radius 3 is 2.07 bits per heavy atom. The van der Waals surface area contributed by atoms with Gasteiger partial charge in [0.05, 0.1) is 0 Å². The van der Waals surface area contributed by atoms with Crippen molar-refractivity contribution in [2.24, 2.45) is 5.90 Å². The molecule has 0 atom stereocenters. The summed E-state index contributed by atoms with van der Waals surface area (Å²) in [6.07, 6.45) is 0.340. The fourth-order valence-corrected chi connectivity index (χ4v) is 1.12. The Bertz CT molecular complexity index is 205. The molecule has 0 aromatic carbocycles. The molecule has 0 aliphatic rings. The summed E-state index contributed by atoms with van der Waals surface area (Å²) in [5.41, 5.74) is 0.283. The van der Waals surface area contributed by atoms with Gasteiger partial charge in [-0.1, -0.05) is 6.58 Å². The van der Waals surface area contributed by atoms with Crippen molar-refractivity contribution in [2.45, 2.75) is 12.2 Å². The number of hydrogen-bond donors (Lipinski definition) is 4. The molecule has 0 aliphatic carbocycles. The van der Waals surface area contributed by atoms with E-state index in [-0.39, 0.29) is 5.57 Å². The zero-order valence-electron chi connectivity index (χ0n) is 8.81. The summed E-state index contributed by atoms with van der Waals surface area (Å²) in [4.78, 5) is 15.1. The molecule has 0 spiro atoms. The minimum absolute atomic E-state index is 0.283. The van der Waals surface area contributed by atoms with Crippen molar-refractivity contribution in [3.63, 3.8) is 0 Å². The van der Waals surface area contributed by atoms with Gasteiger partial charge in [-0.3, -0.25) is 16.0 Å². The fraction of sp³-hybridized carbons (Fsp3) is 0.625. The van der Waals surface area contributed by atoms with E-state index >= 15 is 0 Å². The molecule has 82 valence electrons. The van der Waals surface area contributed by atoms with Crippen molar-refractivity contribution >= 4 is 5.97 Å². The standard InChI is InChI=1S/C8H18N4O2/c1-6(7(13)14-9)5-8(10-2,11-3)12-4/h10-12H,1,5,9H2,2-4H3. The third-order valence-corrected chi connectivity index (χ3v) is 2.15. The highest BCUT2D eigenvalue weighted by molar-refractivity contribution is 5.87. The molecule has 0 aliphatic heterocycles. The molecule has 0 heterocycles. The Labute approximate surface area is 83.8 Å². The van der Waals surface area contributed by atoms with E-state index < -0.39 is 11.8 Å². The molecular formula is C8H18N4O2. The van der Waals surface area contributed by atoms with Gasteiger partial charge in [0.15, 0.2) is 0 Å². The van der Waals surface area contributed by atoms with E-state index in [1.54, 1.807) is 21.1 Å². The number of nitrogens with one attached hydrogen (secondary N) is 3. The second kappa shape index (κ2) is 5.71. The highest BCUT2D eigenvalue weighted by Gasteiger charge is 2.27. The van der Waals surface area contributed by atoms with Crippen molar-refractivity contribution < 1.29 is 9.63 Å². The Balaban J connectivity index is 4.44. The first-order valence-electron chi connectivity index (χ1n) is 4.20. The number of carbonyl (C=O) groups excluding carboxylic acids is 1. The minimum Gasteiger partial charge on any atom is -0.370 e. The molecule has 5 N–H and O–H groups in total. The monoisotopic (exact) mass is 202 g/mol. The van der Waals surface area contributed by atoms with Crippen LogP contribution >= 0.6 is 0 Å². The van der Waals surface area contributed by atoms with E-state index in [2.05, 4.69) is 27.4 Å². The van der Waals surface area contributed by atoms with Crippen LogP contribution in [0, 0.1) is 0 Å². The molecule has 0 rings (SSSR count). The zero-order chi connectivity index (χ0) is 11.2. The van der Waals surface area contributed by atoms with Crippen LogP contribution in [0.5, 0.6) is 0 Å². The Morgan fingerprint density at radius 1 is 1.36 bits per heavy atom. The summed E-state index contributed by atoms with van der Waals surface area (Å²) >= 11 is 0. The molecule has 0 saturated heterocycles. The molecule has 14 heavy (non-hydrogen) atoms. The maximum absolute atomic E-state index is 11.0. The molecule has 0 amide bonds. The molecule has 0 unspecified atom stereocenters. The van der Waals surface area contributed by atoms with Crippen LogP contribution in [-0.4, -0.2) is 32.9 Å². The van der Waals surface area contributed by atoms with Gasteiger partial charge in [-0.15, -0.1) is 0 Å². The van der Waals surface area contributed by atoms with E-state index in [1.807, 2.05) is 0 Å². The first-order valence-corrected chi connectivity index (χ1v) is 4.20. The lowest BCUT2D eigenvalue weighted by Crippen LogP contribution is -2.63. The Morgan fingerprint density at radius 2 is 1.79 bits per heavy atom. The first kappa shape index (κ1) is 13.1. The molecule has 0 fully saturated rings. The van der Waals surface area contributed by atoms with Crippen LogP contribution in [-0.2, 0) is 9.63 Å². The van der Waals surface area contributed by atoms with Crippen LogP contribution in [0.15, 0.2) is 12.2 Å². The zero-order valence-corrected chi connectivity index (χ0v) is 8.81. The van der Waals surface area contributed by atoms with Crippen LogP contribution < -0.4 is 21.8 Å². The van der Waals surface area contributed by atoms with E-state index in [0.29, 0.717) is 6.42 Å². The average molecular weight is 202 g/mol. The Kier molecular flexibility index (Phi) is 5.32. The highest BCUT2D eigenvalue weighted by atomic mass is 16.7. The van der Waals surface area contributed by atoms with Gasteiger partial charge in [-0.05, 0) is 21.1 Å². The average Bonchev–Trinajstić information content (AvgIpc) is 2.24. The normalized spacial score (nSPS) is 11.1. The molecule has 6 nitrogen and oxygen atoms in total. The van der Waals surface area contributed by atoms with Gasteiger partial charge in [0.25, 0.3) is 0 Å². The molecular weight excluding hydrogens is 184 g/mol. The predicted molar refractivity (Wildman–Crippen MR) is 53.9 cm³/mol. The van der Waals surface area contributed by atoms with Gasteiger partial charge in [0.1, 0.15) is 5.79 Å². The number of rotatable bonds is 6. The molecule has 0 aromatic heterocycles. The van der Waals surface area contributed by atoms with Crippen LogP contribution in [0.25, 0.3) is 0 Å². The van der Waals surface area contributed by atoms with Gasteiger partial charge < -0.3 is 4.84 Å². The van der Waals surface area contributed by atoms with Gasteiger partial charge in [-0.2, -0.15) is 5.90 Å². The lowest BCUT2D eigenvalue weighted by molar-refractivity contribution is -0.139. The van der Waals surface area contributed by atoms with E-state index in [9.17, 15) is 4.79 Å². The largest absolute Gasteiger partial charge is 0.370 e. The maximum atomic E-state index is 11.0. The summed E-state index contributed by atoms with van der Waals surface area (Å²) in [6, 6.07) is 0. The first-order chi connectivity index (χ1) is 6.55. The lowest BCUT2D eigenvalue weighted by Gasteiger charge is -2.33. The Hall–Kier alpha value is -0.950. The van der Waals surface area contributed by atoms with Gasteiger partial charge in [0.2, 0.25) is 0 Å². The van der Waals surface area contributed by atoms with E-state index in [0.717, 1.165) is 0 Å². The quantitative estimate of drug-likeness (QED) is 0.242. The van der Waals surface area contributed by atoms with E-state index in [4.69, 9.17) is 5.90 Å². The third kappa shape index (κ3) is 3.08. The van der Waals surface area contributed by atoms with Gasteiger partial charge in [0, 0.05) is 12.0 Å². The fourth-order valence-electron chi connectivity index (χ4n) is 1.12. The van der Waals surface area contributed by atoms with Gasteiger partial charge >= 0.3 is 5.97 Å². The predicted octanol–water partition coefficient (Wildman–Crippen LogP) is -1.34.